The van der Waals surface area contributed by atoms with Crippen LogP contribution in [0, 0.1) is 5.82 Å². The Balaban J connectivity index is 2.82. The molecule has 0 saturated heterocycles. The van der Waals surface area contributed by atoms with E-state index in [1.165, 1.54) is 12.3 Å². The van der Waals surface area contributed by atoms with E-state index in [1.54, 1.807) is 12.0 Å². The molecule has 0 aromatic carbocycles. The number of aromatic nitrogens is 1. The largest absolute Gasteiger partial charge is 0.393 e. The lowest BCUT2D eigenvalue weighted by atomic mass is 10.3. The normalized spacial score (nSPS) is 10.4. The van der Waals surface area contributed by atoms with Gasteiger partial charge in [-0.3, -0.25) is 0 Å². The summed E-state index contributed by atoms with van der Waals surface area (Å²) in [4.78, 5) is 6.10. The van der Waals surface area contributed by atoms with E-state index in [0.717, 1.165) is 0 Å². The summed E-state index contributed by atoms with van der Waals surface area (Å²) in [6, 6.07) is 1.23. The maximum atomic E-state index is 13.8. The Kier molecular flexibility index (Phi) is 6.24. The first kappa shape index (κ1) is 15.1. The Morgan fingerprint density at radius 3 is 2.89 bits per heavy atom. The Morgan fingerprint density at radius 1 is 1.61 bits per heavy atom. The average molecular weight is 292 g/mol. The van der Waals surface area contributed by atoms with Crippen molar-refractivity contribution in [2.24, 2.45) is 5.73 Å². The van der Waals surface area contributed by atoms with E-state index in [4.69, 9.17) is 34.3 Å². The summed E-state index contributed by atoms with van der Waals surface area (Å²) < 4.78 is 18.7. The molecule has 0 aliphatic rings. The topological polar surface area (TPSA) is 51.4 Å². The van der Waals surface area contributed by atoms with Gasteiger partial charge >= 0.3 is 0 Å². The fraction of sp³-hybridized carbons (Fsp3) is 0.455. The van der Waals surface area contributed by atoms with Crippen molar-refractivity contribution in [3.05, 3.63) is 23.1 Å². The molecule has 1 heterocycles. The summed E-state index contributed by atoms with van der Waals surface area (Å²) in [5.74, 6) is -0.241. The first-order valence-electron chi connectivity index (χ1n) is 5.38. The minimum Gasteiger partial charge on any atom is -0.393 e. The lowest BCUT2D eigenvalue weighted by molar-refractivity contribution is 0.205. The summed E-state index contributed by atoms with van der Waals surface area (Å²) >= 11 is 10.5. The molecule has 1 rings (SSSR count). The van der Waals surface area contributed by atoms with Crippen LogP contribution in [-0.2, 0) is 4.74 Å². The van der Waals surface area contributed by atoms with Crippen LogP contribution in [-0.4, -0.2) is 36.8 Å². The molecule has 2 N–H and O–H groups in total. The van der Waals surface area contributed by atoms with Crippen molar-refractivity contribution >= 4 is 34.6 Å². The Hall–Kier alpha value is -0.980. The lowest BCUT2D eigenvalue weighted by Gasteiger charge is -2.23. The van der Waals surface area contributed by atoms with Gasteiger partial charge in [0.15, 0.2) is 11.6 Å². The molecule has 0 amide bonds. The molecule has 0 spiro atoms. The third kappa shape index (κ3) is 4.72. The second kappa shape index (κ2) is 7.45. The number of methoxy groups -OCH3 is 1. The van der Waals surface area contributed by atoms with E-state index in [0.29, 0.717) is 31.1 Å². The summed E-state index contributed by atoms with van der Waals surface area (Å²) in [5, 5.41) is 0.261. The summed E-state index contributed by atoms with van der Waals surface area (Å²) in [6.45, 7) is 1.45. The highest BCUT2D eigenvalue weighted by molar-refractivity contribution is 7.80. The van der Waals surface area contributed by atoms with Crippen LogP contribution in [0.5, 0.6) is 0 Å². The zero-order chi connectivity index (χ0) is 13.5. The van der Waals surface area contributed by atoms with Gasteiger partial charge in [0.1, 0.15) is 0 Å². The van der Waals surface area contributed by atoms with E-state index in [2.05, 4.69) is 4.98 Å². The number of nitrogens with zero attached hydrogens (tertiary/aromatic N) is 2. The van der Waals surface area contributed by atoms with Gasteiger partial charge in [-0.2, -0.15) is 0 Å². The number of pyridine rings is 1. The van der Waals surface area contributed by atoms with Crippen molar-refractivity contribution in [1.29, 1.82) is 0 Å². The van der Waals surface area contributed by atoms with Gasteiger partial charge in [-0.05, 0) is 6.07 Å². The molecule has 100 valence electrons. The number of hydrogen-bond acceptors (Lipinski definition) is 4. The molecule has 0 aliphatic carbocycles. The molecule has 0 bridgehead atoms. The molecule has 0 aliphatic heterocycles. The minimum absolute atomic E-state index is 0.229. The number of anilines is 1. The zero-order valence-corrected chi connectivity index (χ0v) is 11.6. The monoisotopic (exact) mass is 291 g/mol. The predicted molar refractivity (Wildman–Crippen MR) is 74.7 cm³/mol. The van der Waals surface area contributed by atoms with Gasteiger partial charge in [-0.25, -0.2) is 9.37 Å². The third-order valence-electron chi connectivity index (χ3n) is 2.28. The minimum atomic E-state index is -0.471. The van der Waals surface area contributed by atoms with E-state index in [9.17, 15) is 4.39 Å². The highest BCUT2D eigenvalue weighted by Gasteiger charge is 2.13. The average Bonchev–Trinajstić information content (AvgIpc) is 2.30. The van der Waals surface area contributed by atoms with Crippen LogP contribution in [0.3, 0.4) is 0 Å². The maximum Gasteiger partial charge on any atom is 0.167 e. The molecule has 18 heavy (non-hydrogen) atoms. The van der Waals surface area contributed by atoms with Gasteiger partial charge in [0.05, 0.1) is 16.6 Å². The van der Waals surface area contributed by atoms with Crippen molar-refractivity contribution in [2.45, 2.75) is 6.42 Å². The maximum absolute atomic E-state index is 13.8. The van der Waals surface area contributed by atoms with Gasteiger partial charge in [-0.15, -0.1) is 0 Å². The van der Waals surface area contributed by atoms with Gasteiger partial charge in [0, 0.05) is 32.8 Å². The van der Waals surface area contributed by atoms with Crippen molar-refractivity contribution in [2.75, 3.05) is 31.7 Å². The number of halogens is 2. The summed E-state index contributed by atoms with van der Waals surface area (Å²) in [5.41, 5.74) is 5.45. The molecular formula is C11H15ClFN3OS. The smallest absolute Gasteiger partial charge is 0.167 e. The molecule has 0 unspecified atom stereocenters. The number of hydrogen-bond donors (Lipinski definition) is 1. The molecule has 1 aromatic rings. The van der Waals surface area contributed by atoms with Crippen LogP contribution in [0.1, 0.15) is 6.42 Å². The van der Waals surface area contributed by atoms with E-state index < -0.39 is 5.82 Å². The van der Waals surface area contributed by atoms with Crippen LogP contribution in [0.2, 0.25) is 5.02 Å². The molecule has 7 heteroatoms. The van der Waals surface area contributed by atoms with Crippen LogP contribution in [0.15, 0.2) is 12.3 Å². The van der Waals surface area contributed by atoms with E-state index in [1.807, 2.05) is 0 Å². The Bertz CT molecular complexity index is 419. The second-order valence-corrected chi connectivity index (χ2v) is 4.62. The quantitative estimate of drug-likeness (QED) is 0.779. The standard InChI is InChI=1S/C11H15ClFN3OS/c1-17-5-4-16(3-2-10(14)18)11-9(13)6-8(12)7-15-11/h6-7H,2-5H2,1H3,(H2,14,18). The second-order valence-electron chi connectivity index (χ2n) is 3.66. The van der Waals surface area contributed by atoms with E-state index in [-0.39, 0.29) is 10.8 Å². The molecule has 4 nitrogen and oxygen atoms in total. The molecule has 0 radical (unpaired) electrons. The molecule has 0 atom stereocenters. The fourth-order valence-corrected chi connectivity index (χ4v) is 1.65. The number of ether oxygens (including phenoxy) is 1. The van der Waals surface area contributed by atoms with Gasteiger partial charge < -0.3 is 15.4 Å². The van der Waals surface area contributed by atoms with Gasteiger partial charge in [0.2, 0.25) is 0 Å². The first-order valence-corrected chi connectivity index (χ1v) is 6.16. The fourth-order valence-electron chi connectivity index (χ4n) is 1.41. The van der Waals surface area contributed by atoms with Crippen LogP contribution >= 0.6 is 23.8 Å². The van der Waals surface area contributed by atoms with Crippen LogP contribution in [0.4, 0.5) is 10.2 Å². The molecule has 0 fully saturated rings. The van der Waals surface area contributed by atoms with Gasteiger partial charge in [-0.1, -0.05) is 23.8 Å². The number of nitrogens with two attached hydrogens (primary N) is 1. The molecule has 0 saturated carbocycles. The Labute approximate surface area is 116 Å². The highest BCUT2D eigenvalue weighted by atomic mass is 35.5. The zero-order valence-electron chi connectivity index (χ0n) is 10.0. The van der Waals surface area contributed by atoms with Crippen molar-refractivity contribution in [3.63, 3.8) is 0 Å². The number of rotatable bonds is 7. The number of thiocarbonyl (C=S) groups is 1. The molecular weight excluding hydrogens is 277 g/mol. The lowest BCUT2D eigenvalue weighted by Crippen LogP contribution is -2.32. The summed E-state index contributed by atoms with van der Waals surface area (Å²) in [6.07, 6.45) is 1.89. The predicted octanol–water partition coefficient (Wildman–Crippen LogP) is 2.00. The molecule has 1 aromatic heterocycles. The van der Waals surface area contributed by atoms with Crippen LogP contribution in [0.25, 0.3) is 0 Å². The van der Waals surface area contributed by atoms with E-state index >= 15 is 0 Å². The summed E-state index contributed by atoms with van der Waals surface area (Å²) in [7, 11) is 1.58. The van der Waals surface area contributed by atoms with Crippen molar-refractivity contribution in [3.8, 4) is 0 Å². The van der Waals surface area contributed by atoms with Crippen LogP contribution < -0.4 is 10.6 Å². The van der Waals surface area contributed by atoms with Gasteiger partial charge in [0.25, 0.3) is 0 Å². The Morgan fingerprint density at radius 2 is 2.33 bits per heavy atom. The highest BCUT2D eigenvalue weighted by Crippen LogP contribution is 2.19. The van der Waals surface area contributed by atoms with Crippen molar-refractivity contribution in [1.82, 2.24) is 4.98 Å². The third-order valence-corrected chi connectivity index (χ3v) is 2.69. The van der Waals surface area contributed by atoms with Crippen molar-refractivity contribution < 1.29 is 9.13 Å². The SMILES string of the molecule is COCCN(CCC(N)=S)c1ncc(Cl)cc1F. The first-order chi connectivity index (χ1) is 8.54.